The van der Waals surface area contributed by atoms with Gasteiger partial charge in [-0.05, 0) is 31.6 Å². The lowest BCUT2D eigenvalue weighted by Crippen LogP contribution is -2.30. The van der Waals surface area contributed by atoms with Crippen molar-refractivity contribution >= 4 is 11.5 Å². The normalized spacial score (nSPS) is 22.3. The van der Waals surface area contributed by atoms with Crippen LogP contribution in [-0.2, 0) is 0 Å². The van der Waals surface area contributed by atoms with Gasteiger partial charge in [-0.1, -0.05) is 13.3 Å². The van der Waals surface area contributed by atoms with Crippen molar-refractivity contribution in [2.75, 3.05) is 12.4 Å². The molecule has 110 valence electrons. The van der Waals surface area contributed by atoms with Gasteiger partial charge in [0.1, 0.15) is 11.9 Å². The van der Waals surface area contributed by atoms with Crippen LogP contribution in [0.5, 0.6) is 5.88 Å². The summed E-state index contributed by atoms with van der Waals surface area (Å²) in [6.07, 6.45) is 5.73. The third-order valence-corrected chi connectivity index (χ3v) is 3.89. The van der Waals surface area contributed by atoms with Gasteiger partial charge in [0.2, 0.25) is 5.88 Å². The van der Waals surface area contributed by atoms with Gasteiger partial charge in [-0.25, -0.2) is 0 Å². The van der Waals surface area contributed by atoms with Gasteiger partial charge >= 0.3 is 0 Å². The van der Waals surface area contributed by atoms with Crippen molar-refractivity contribution in [3.8, 4) is 5.88 Å². The van der Waals surface area contributed by atoms with Crippen LogP contribution in [-0.4, -0.2) is 23.1 Å². The average Bonchev–Trinajstić information content (AvgIpc) is 2.47. The average molecular weight is 279 g/mol. The van der Waals surface area contributed by atoms with Crippen molar-refractivity contribution in [2.45, 2.75) is 45.1 Å². The van der Waals surface area contributed by atoms with E-state index in [1.165, 1.54) is 18.6 Å². The summed E-state index contributed by atoms with van der Waals surface area (Å²) in [5.41, 5.74) is 0.00297. The topological polar surface area (TPSA) is 77.3 Å². The summed E-state index contributed by atoms with van der Waals surface area (Å²) in [5.74, 6) is 1.31. The van der Waals surface area contributed by atoms with Crippen LogP contribution in [0.1, 0.15) is 39.0 Å². The molecule has 6 nitrogen and oxygen atoms in total. The van der Waals surface area contributed by atoms with E-state index in [0.29, 0.717) is 17.6 Å². The molecule has 1 saturated carbocycles. The van der Waals surface area contributed by atoms with Gasteiger partial charge in [0, 0.05) is 7.05 Å². The molecular formula is C14H21N3O3. The molecular weight excluding hydrogens is 258 g/mol. The van der Waals surface area contributed by atoms with Crippen molar-refractivity contribution < 1.29 is 9.66 Å². The van der Waals surface area contributed by atoms with Crippen LogP contribution in [0.15, 0.2) is 12.1 Å². The van der Waals surface area contributed by atoms with Gasteiger partial charge < -0.3 is 10.1 Å². The summed E-state index contributed by atoms with van der Waals surface area (Å²) in [4.78, 5) is 14.8. The lowest BCUT2D eigenvalue weighted by Gasteiger charge is -2.30. The van der Waals surface area contributed by atoms with Crippen LogP contribution in [0.4, 0.5) is 11.5 Å². The lowest BCUT2D eigenvalue weighted by molar-refractivity contribution is -0.384. The van der Waals surface area contributed by atoms with Crippen molar-refractivity contribution in [3.63, 3.8) is 0 Å². The van der Waals surface area contributed by atoms with Crippen LogP contribution in [0.25, 0.3) is 0 Å². The number of nitrogens with zero attached hydrogens (tertiary/aromatic N) is 2. The molecule has 2 unspecified atom stereocenters. The Labute approximate surface area is 118 Å². The largest absolute Gasteiger partial charge is 0.474 e. The molecule has 0 radical (unpaired) electrons. The molecule has 0 amide bonds. The number of hydrogen-bond donors (Lipinski definition) is 1. The van der Waals surface area contributed by atoms with Crippen molar-refractivity contribution in [2.24, 2.45) is 5.92 Å². The highest BCUT2D eigenvalue weighted by Crippen LogP contribution is 2.31. The summed E-state index contributed by atoms with van der Waals surface area (Å²) in [6.45, 7) is 2.16. The van der Waals surface area contributed by atoms with Gasteiger partial charge in [0.05, 0.1) is 17.1 Å². The molecule has 0 aromatic carbocycles. The Morgan fingerprint density at radius 2 is 2.20 bits per heavy atom. The number of anilines is 1. The minimum Gasteiger partial charge on any atom is -0.474 e. The Morgan fingerprint density at radius 3 is 2.85 bits per heavy atom. The van der Waals surface area contributed by atoms with Crippen LogP contribution >= 0.6 is 0 Å². The van der Waals surface area contributed by atoms with E-state index in [4.69, 9.17) is 4.74 Å². The molecule has 1 aromatic heterocycles. The maximum atomic E-state index is 10.9. The second kappa shape index (κ2) is 6.54. The number of pyridine rings is 1. The van der Waals surface area contributed by atoms with Crippen LogP contribution in [0, 0.1) is 16.0 Å². The molecule has 2 rings (SSSR count). The summed E-state index contributed by atoms with van der Waals surface area (Å²) < 4.78 is 5.94. The fourth-order valence-electron chi connectivity index (χ4n) is 2.74. The van der Waals surface area contributed by atoms with E-state index in [1.807, 2.05) is 0 Å². The third-order valence-electron chi connectivity index (χ3n) is 3.89. The summed E-state index contributed by atoms with van der Waals surface area (Å²) in [7, 11) is 1.69. The van der Waals surface area contributed by atoms with Gasteiger partial charge in [-0.15, -0.1) is 0 Å². The number of hydrogen-bond acceptors (Lipinski definition) is 5. The molecule has 1 heterocycles. The molecule has 1 N–H and O–H groups in total. The summed E-state index contributed by atoms with van der Waals surface area (Å²) in [5, 5.41) is 13.8. The molecule has 2 atom stereocenters. The third kappa shape index (κ3) is 3.37. The van der Waals surface area contributed by atoms with E-state index >= 15 is 0 Å². The molecule has 0 bridgehead atoms. The summed E-state index contributed by atoms with van der Waals surface area (Å²) >= 11 is 0. The van der Waals surface area contributed by atoms with E-state index in [-0.39, 0.29) is 11.8 Å². The molecule has 1 aromatic rings. The SMILES string of the molecule is CCC1CCCCC1Oc1cc([N+](=O)[O-])cc(NC)n1. The van der Waals surface area contributed by atoms with Crippen molar-refractivity contribution in [1.29, 1.82) is 0 Å². The van der Waals surface area contributed by atoms with E-state index < -0.39 is 4.92 Å². The van der Waals surface area contributed by atoms with E-state index in [0.717, 1.165) is 25.7 Å². The van der Waals surface area contributed by atoms with Gasteiger partial charge in [0.25, 0.3) is 5.69 Å². The Kier molecular flexibility index (Phi) is 4.76. The summed E-state index contributed by atoms with van der Waals surface area (Å²) in [6, 6.07) is 2.81. The lowest BCUT2D eigenvalue weighted by atomic mass is 9.85. The van der Waals surface area contributed by atoms with Crippen molar-refractivity contribution in [1.82, 2.24) is 4.98 Å². The van der Waals surface area contributed by atoms with E-state index in [1.54, 1.807) is 7.05 Å². The number of nitrogens with one attached hydrogen (secondary N) is 1. The van der Waals surface area contributed by atoms with Crippen LogP contribution < -0.4 is 10.1 Å². The number of ether oxygens (including phenoxy) is 1. The Bertz CT molecular complexity index is 479. The molecule has 1 aliphatic rings. The first-order chi connectivity index (χ1) is 9.63. The molecule has 1 fully saturated rings. The predicted molar refractivity (Wildman–Crippen MR) is 77.1 cm³/mol. The first kappa shape index (κ1) is 14.6. The highest BCUT2D eigenvalue weighted by Gasteiger charge is 2.26. The monoisotopic (exact) mass is 279 g/mol. The zero-order valence-corrected chi connectivity index (χ0v) is 12.0. The highest BCUT2D eigenvalue weighted by molar-refractivity contribution is 5.47. The van der Waals surface area contributed by atoms with Crippen molar-refractivity contribution in [3.05, 3.63) is 22.2 Å². The zero-order valence-electron chi connectivity index (χ0n) is 12.0. The fourth-order valence-corrected chi connectivity index (χ4v) is 2.74. The molecule has 0 spiro atoms. The molecule has 1 aliphatic carbocycles. The maximum absolute atomic E-state index is 10.9. The molecule has 0 aliphatic heterocycles. The first-order valence-corrected chi connectivity index (χ1v) is 7.15. The van der Waals surface area contributed by atoms with E-state index in [2.05, 4.69) is 17.2 Å². The second-order valence-electron chi connectivity index (χ2n) is 5.17. The quantitative estimate of drug-likeness (QED) is 0.660. The molecule has 0 saturated heterocycles. The Balaban J connectivity index is 2.18. The minimum atomic E-state index is -0.423. The predicted octanol–water partition coefficient (Wildman–Crippen LogP) is 3.38. The number of aromatic nitrogens is 1. The Morgan fingerprint density at radius 1 is 1.45 bits per heavy atom. The van der Waals surface area contributed by atoms with Gasteiger partial charge in [-0.3, -0.25) is 10.1 Å². The van der Waals surface area contributed by atoms with Gasteiger partial charge in [0.15, 0.2) is 0 Å². The Hall–Kier alpha value is -1.85. The number of nitro groups is 1. The number of rotatable bonds is 5. The maximum Gasteiger partial charge on any atom is 0.278 e. The van der Waals surface area contributed by atoms with Crippen LogP contribution in [0.2, 0.25) is 0 Å². The van der Waals surface area contributed by atoms with Gasteiger partial charge in [-0.2, -0.15) is 4.98 Å². The van der Waals surface area contributed by atoms with E-state index in [9.17, 15) is 10.1 Å². The fraction of sp³-hybridized carbons (Fsp3) is 0.643. The smallest absolute Gasteiger partial charge is 0.278 e. The molecule has 6 heteroatoms. The highest BCUT2D eigenvalue weighted by atomic mass is 16.6. The molecule has 20 heavy (non-hydrogen) atoms. The second-order valence-corrected chi connectivity index (χ2v) is 5.17. The first-order valence-electron chi connectivity index (χ1n) is 7.15. The zero-order chi connectivity index (χ0) is 14.5. The van der Waals surface area contributed by atoms with Crippen LogP contribution in [0.3, 0.4) is 0 Å². The standard InChI is InChI=1S/C14H21N3O3/c1-3-10-6-4-5-7-12(10)20-14-9-11(17(18)19)8-13(15-2)16-14/h8-10,12H,3-7H2,1-2H3,(H,15,16). The minimum absolute atomic E-state index is 0.00297.